The fourth-order valence-electron chi connectivity index (χ4n) is 12.0. The predicted octanol–water partition coefficient (Wildman–Crippen LogP) is 14.9. The number of fused-ring (bicyclic) bond motifs is 12. The lowest BCUT2D eigenvalue weighted by atomic mass is 9.29. The summed E-state index contributed by atoms with van der Waals surface area (Å²) < 4.78 is 5.50. The van der Waals surface area contributed by atoms with Crippen molar-refractivity contribution >= 4 is 68.3 Å². The van der Waals surface area contributed by atoms with E-state index in [1.807, 2.05) is 0 Å². The molecule has 12 rings (SSSR count). The van der Waals surface area contributed by atoms with Crippen LogP contribution < -0.4 is 26.2 Å². The highest BCUT2D eigenvalue weighted by molar-refractivity contribution is 6.99. The molecule has 0 bridgehead atoms. The average Bonchev–Trinajstić information content (AvgIpc) is 3.92. The standard InChI is InChI=1S/C65H63BN4O/c1-61(2,3)40-21-27-44(28-22-40)69(45-29-23-41(24-30-45)62(4,5)6)47-33-34-54-52(37-47)65(50-19-15-13-17-48(50)49-18-14-16-20-51(49)65)53-35-43(64(10,11)12)36-59-60(53)66(54)55-38-56-57(68-71-67-56)39-58(55)70(59)46-31-25-42(26-32-46)63(7,8)9/h13-39H,1-12H3. The third kappa shape index (κ3) is 6.88. The first-order valence-electron chi connectivity index (χ1n) is 25.4. The topological polar surface area (TPSA) is 45.4 Å². The Balaban J connectivity index is 1.21. The van der Waals surface area contributed by atoms with Gasteiger partial charge in [0.05, 0.1) is 5.41 Å². The van der Waals surface area contributed by atoms with Gasteiger partial charge in [-0.05, 0) is 165 Å². The molecule has 3 heterocycles. The van der Waals surface area contributed by atoms with Crippen LogP contribution in [0.25, 0.3) is 22.2 Å². The van der Waals surface area contributed by atoms with Crippen molar-refractivity contribution in [3.8, 4) is 11.1 Å². The van der Waals surface area contributed by atoms with Gasteiger partial charge in [-0.15, -0.1) is 0 Å². The first-order valence-corrected chi connectivity index (χ1v) is 25.4. The Morgan fingerprint density at radius 2 is 0.901 bits per heavy atom. The SMILES string of the molecule is CC(C)(C)c1ccc(N(c2ccc(C(C)(C)C)cc2)c2ccc3c(c2)C2(c4ccccc4-c4ccccc42)c2cc(C(C)(C)C)cc4c2B3c2cc3nonc3cc2N4c2ccc(C(C)(C)C)cc2)cc1. The van der Waals surface area contributed by atoms with E-state index in [2.05, 4.69) is 267 Å². The van der Waals surface area contributed by atoms with Crippen LogP contribution in [0.15, 0.2) is 168 Å². The summed E-state index contributed by atoms with van der Waals surface area (Å²) in [6.45, 7) is 27.5. The van der Waals surface area contributed by atoms with Gasteiger partial charge in [0.25, 0.3) is 0 Å². The summed E-state index contributed by atoms with van der Waals surface area (Å²) in [5, 5.41) is 8.95. The van der Waals surface area contributed by atoms with Crippen molar-refractivity contribution in [2.75, 3.05) is 9.80 Å². The minimum absolute atomic E-state index is 0.00677. The van der Waals surface area contributed by atoms with Crippen LogP contribution in [0.1, 0.15) is 128 Å². The molecular formula is C65H63BN4O. The third-order valence-electron chi connectivity index (χ3n) is 15.8. The average molecular weight is 927 g/mol. The molecule has 71 heavy (non-hydrogen) atoms. The summed E-state index contributed by atoms with van der Waals surface area (Å²) >= 11 is 0. The summed E-state index contributed by atoms with van der Waals surface area (Å²) in [5.74, 6) is 0. The number of aromatic nitrogens is 2. The van der Waals surface area contributed by atoms with Gasteiger partial charge in [-0.1, -0.05) is 186 Å². The number of anilines is 6. The molecule has 9 aromatic rings. The highest BCUT2D eigenvalue weighted by Gasteiger charge is 2.55. The largest absolute Gasteiger partial charge is 0.311 e. The van der Waals surface area contributed by atoms with Crippen LogP contribution in [-0.4, -0.2) is 17.0 Å². The quantitative estimate of drug-likeness (QED) is 0.165. The summed E-state index contributed by atoms with van der Waals surface area (Å²) in [6.07, 6.45) is 0. The van der Waals surface area contributed by atoms with Crippen molar-refractivity contribution in [3.63, 3.8) is 0 Å². The molecule has 8 aromatic carbocycles. The Morgan fingerprint density at radius 1 is 0.423 bits per heavy atom. The summed E-state index contributed by atoms with van der Waals surface area (Å²) in [5.41, 5.74) is 24.2. The lowest BCUT2D eigenvalue weighted by Crippen LogP contribution is -2.65. The van der Waals surface area contributed by atoms with Crippen LogP contribution >= 0.6 is 0 Å². The van der Waals surface area contributed by atoms with Crippen molar-refractivity contribution in [1.82, 2.24) is 10.3 Å². The monoisotopic (exact) mass is 927 g/mol. The van der Waals surface area contributed by atoms with E-state index in [9.17, 15) is 0 Å². The van der Waals surface area contributed by atoms with Crippen LogP contribution in [0, 0.1) is 0 Å². The molecule has 0 saturated carbocycles. The van der Waals surface area contributed by atoms with E-state index in [1.54, 1.807) is 0 Å². The molecule has 1 aromatic heterocycles. The summed E-state index contributed by atoms with van der Waals surface area (Å²) in [4.78, 5) is 4.97. The van der Waals surface area contributed by atoms with Gasteiger partial charge in [0.2, 0.25) is 6.71 Å². The fraction of sp³-hybridized carbons (Fsp3) is 0.262. The number of nitrogens with zero attached hydrogens (tertiary/aromatic N) is 4. The molecule has 6 heteroatoms. The maximum Gasteiger partial charge on any atom is 0.247 e. The number of hydrogen-bond acceptors (Lipinski definition) is 5. The van der Waals surface area contributed by atoms with E-state index in [1.165, 1.54) is 77.7 Å². The Bertz CT molecular complexity index is 3470. The molecule has 0 radical (unpaired) electrons. The maximum absolute atomic E-state index is 5.50. The van der Waals surface area contributed by atoms with E-state index in [0.29, 0.717) is 0 Å². The minimum Gasteiger partial charge on any atom is -0.311 e. The molecule has 0 amide bonds. The van der Waals surface area contributed by atoms with Crippen LogP contribution in [-0.2, 0) is 27.1 Å². The second kappa shape index (κ2) is 15.4. The van der Waals surface area contributed by atoms with Crippen LogP contribution in [0.5, 0.6) is 0 Å². The van der Waals surface area contributed by atoms with Crippen molar-refractivity contribution in [2.45, 2.75) is 110 Å². The van der Waals surface area contributed by atoms with Crippen molar-refractivity contribution in [2.24, 2.45) is 0 Å². The zero-order valence-corrected chi connectivity index (χ0v) is 43.4. The van der Waals surface area contributed by atoms with E-state index >= 15 is 0 Å². The first kappa shape index (κ1) is 45.0. The molecular weight excluding hydrogens is 864 g/mol. The van der Waals surface area contributed by atoms with Gasteiger partial charge in [-0.25, -0.2) is 4.63 Å². The Labute approximate surface area is 420 Å². The second-order valence-corrected chi connectivity index (χ2v) is 24.5. The van der Waals surface area contributed by atoms with Gasteiger partial charge in [-0.3, -0.25) is 0 Å². The zero-order chi connectivity index (χ0) is 49.6. The van der Waals surface area contributed by atoms with Gasteiger partial charge < -0.3 is 9.80 Å². The smallest absolute Gasteiger partial charge is 0.247 e. The van der Waals surface area contributed by atoms with E-state index in [4.69, 9.17) is 4.63 Å². The van der Waals surface area contributed by atoms with Gasteiger partial charge >= 0.3 is 0 Å². The lowest BCUT2D eigenvalue weighted by molar-refractivity contribution is 0.315. The molecule has 1 aliphatic carbocycles. The second-order valence-electron chi connectivity index (χ2n) is 24.5. The molecule has 0 N–H and O–H groups in total. The Hall–Kier alpha value is -7.18. The third-order valence-corrected chi connectivity index (χ3v) is 15.8. The molecule has 2 aliphatic heterocycles. The molecule has 3 aliphatic rings. The molecule has 5 nitrogen and oxygen atoms in total. The number of rotatable bonds is 4. The Morgan fingerprint density at radius 3 is 1.42 bits per heavy atom. The lowest BCUT2D eigenvalue weighted by Gasteiger charge is -2.48. The molecule has 0 saturated heterocycles. The first-order chi connectivity index (χ1) is 33.7. The highest BCUT2D eigenvalue weighted by atomic mass is 16.6. The molecule has 0 atom stereocenters. The van der Waals surface area contributed by atoms with Crippen molar-refractivity contribution in [3.05, 3.63) is 208 Å². The molecule has 352 valence electrons. The molecule has 0 unspecified atom stereocenters. The molecule has 1 spiro atoms. The van der Waals surface area contributed by atoms with Crippen molar-refractivity contribution < 1.29 is 4.63 Å². The van der Waals surface area contributed by atoms with Crippen LogP contribution in [0.2, 0.25) is 0 Å². The van der Waals surface area contributed by atoms with E-state index < -0.39 is 5.41 Å². The number of hydrogen-bond donors (Lipinski definition) is 0. The predicted molar refractivity (Wildman–Crippen MR) is 298 cm³/mol. The molecule has 0 fully saturated rings. The summed E-state index contributed by atoms with van der Waals surface area (Å²) in [7, 11) is 0. The van der Waals surface area contributed by atoms with E-state index in [0.717, 1.165) is 39.5 Å². The summed E-state index contributed by atoms with van der Waals surface area (Å²) in [6, 6.07) is 63.0. The van der Waals surface area contributed by atoms with Gasteiger partial charge in [-0.2, -0.15) is 0 Å². The zero-order valence-electron chi connectivity index (χ0n) is 43.4. The van der Waals surface area contributed by atoms with Gasteiger partial charge in [0.15, 0.2) is 0 Å². The maximum atomic E-state index is 5.50. The van der Waals surface area contributed by atoms with Crippen molar-refractivity contribution in [1.29, 1.82) is 0 Å². The van der Waals surface area contributed by atoms with Gasteiger partial charge in [0, 0.05) is 34.1 Å². The van der Waals surface area contributed by atoms with E-state index in [-0.39, 0.29) is 28.4 Å². The highest BCUT2D eigenvalue weighted by Crippen LogP contribution is 2.59. The van der Waals surface area contributed by atoms with Crippen LogP contribution in [0.4, 0.5) is 34.1 Å². The Kier molecular flexibility index (Phi) is 9.77. The van der Waals surface area contributed by atoms with Gasteiger partial charge in [0.1, 0.15) is 11.0 Å². The fourth-order valence-corrected chi connectivity index (χ4v) is 12.0. The van der Waals surface area contributed by atoms with Crippen LogP contribution in [0.3, 0.4) is 0 Å². The minimum atomic E-state index is -0.670. The number of benzene rings is 8. The normalized spacial score (nSPS) is 14.5.